The van der Waals surface area contributed by atoms with E-state index in [0.29, 0.717) is 6.04 Å². The second kappa shape index (κ2) is 6.88. The molecule has 0 fully saturated rings. The molecule has 2 unspecified atom stereocenters. The largest absolute Gasteiger partial charge is 0.374 e. The summed E-state index contributed by atoms with van der Waals surface area (Å²) in [6, 6.07) is 4.63. The fraction of sp³-hybridized carbons (Fsp3) is 0.692. The van der Waals surface area contributed by atoms with E-state index in [1.54, 1.807) is 11.3 Å². The lowest BCUT2D eigenvalue weighted by atomic mass is 9.90. The first kappa shape index (κ1) is 15.2. The summed E-state index contributed by atoms with van der Waals surface area (Å²) in [7, 11) is 2.01. The molecule has 0 saturated carbocycles. The van der Waals surface area contributed by atoms with Gasteiger partial charge < -0.3 is 10.1 Å². The van der Waals surface area contributed by atoms with Crippen LogP contribution in [0.15, 0.2) is 15.9 Å². The van der Waals surface area contributed by atoms with Crippen LogP contribution in [0.1, 0.15) is 32.1 Å². The van der Waals surface area contributed by atoms with Crippen LogP contribution in [0.25, 0.3) is 0 Å². The summed E-state index contributed by atoms with van der Waals surface area (Å²) in [5, 5.41) is 3.40. The monoisotopic (exact) mass is 319 g/mol. The fourth-order valence-corrected chi connectivity index (χ4v) is 3.59. The lowest BCUT2D eigenvalue weighted by molar-refractivity contribution is -0.0532. The van der Waals surface area contributed by atoms with Gasteiger partial charge in [0.1, 0.15) is 0 Å². The number of ether oxygens (including phenoxy) is 1. The second-order valence-corrected chi connectivity index (χ2v) is 6.90. The molecule has 0 aromatic carbocycles. The van der Waals surface area contributed by atoms with Gasteiger partial charge in [0.15, 0.2) is 0 Å². The summed E-state index contributed by atoms with van der Waals surface area (Å²) < 4.78 is 7.13. The van der Waals surface area contributed by atoms with Gasteiger partial charge in [-0.3, -0.25) is 0 Å². The van der Waals surface area contributed by atoms with Gasteiger partial charge in [-0.05, 0) is 61.8 Å². The molecular weight excluding hydrogens is 298 g/mol. The van der Waals surface area contributed by atoms with Crippen molar-refractivity contribution < 1.29 is 4.74 Å². The number of likely N-dealkylation sites (N-methyl/N-ethyl adjacent to an activating group) is 1. The van der Waals surface area contributed by atoms with Crippen molar-refractivity contribution in [1.29, 1.82) is 0 Å². The fourth-order valence-electron chi connectivity index (χ4n) is 2.06. The maximum absolute atomic E-state index is 5.94. The summed E-state index contributed by atoms with van der Waals surface area (Å²) in [4.78, 5) is 1.38. The maximum Gasteiger partial charge on any atom is 0.0807 e. The van der Waals surface area contributed by atoms with Crippen LogP contribution < -0.4 is 5.32 Å². The third kappa shape index (κ3) is 4.05. The van der Waals surface area contributed by atoms with Gasteiger partial charge in [-0.1, -0.05) is 6.92 Å². The van der Waals surface area contributed by atoms with Crippen molar-refractivity contribution in [1.82, 2.24) is 5.32 Å². The zero-order valence-corrected chi connectivity index (χ0v) is 13.5. The van der Waals surface area contributed by atoms with E-state index in [0.717, 1.165) is 19.4 Å². The Morgan fingerprint density at radius 3 is 2.59 bits per heavy atom. The Balaban J connectivity index is 2.75. The van der Waals surface area contributed by atoms with Gasteiger partial charge >= 0.3 is 0 Å². The Morgan fingerprint density at radius 1 is 1.47 bits per heavy atom. The molecule has 0 saturated heterocycles. The first-order valence-electron chi connectivity index (χ1n) is 6.11. The Hall–Kier alpha value is 0.1000. The van der Waals surface area contributed by atoms with Crippen molar-refractivity contribution in [3.63, 3.8) is 0 Å². The first-order chi connectivity index (χ1) is 8.05. The van der Waals surface area contributed by atoms with E-state index in [-0.39, 0.29) is 5.60 Å². The molecule has 0 aliphatic rings. The molecule has 4 heteroatoms. The van der Waals surface area contributed by atoms with E-state index >= 15 is 0 Å². The van der Waals surface area contributed by atoms with Gasteiger partial charge in [-0.2, -0.15) is 0 Å². The Labute approximate surface area is 117 Å². The van der Waals surface area contributed by atoms with Gasteiger partial charge in [-0.25, -0.2) is 0 Å². The van der Waals surface area contributed by atoms with Gasteiger partial charge in [0.05, 0.1) is 9.39 Å². The smallest absolute Gasteiger partial charge is 0.0807 e. The van der Waals surface area contributed by atoms with Crippen LogP contribution in [0, 0.1) is 0 Å². The lowest BCUT2D eigenvalue weighted by Crippen LogP contribution is -2.50. The van der Waals surface area contributed by atoms with E-state index in [1.165, 1.54) is 8.66 Å². The third-order valence-electron chi connectivity index (χ3n) is 3.30. The van der Waals surface area contributed by atoms with Crippen molar-refractivity contribution in [2.75, 3.05) is 13.7 Å². The number of nitrogens with one attached hydrogen (secondary N) is 1. The predicted octanol–water partition coefficient (Wildman–Crippen LogP) is 3.85. The van der Waals surface area contributed by atoms with Crippen molar-refractivity contribution in [3.8, 4) is 0 Å². The molecule has 0 spiro atoms. The second-order valence-electron chi connectivity index (χ2n) is 4.35. The Bertz CT molecular complexity index is 342. The Kier molecular flexibility index (Phi) is 6.13. The zero-order valence-electron chi connectivity index (χ0n) is 11.0. The summed E-state index contributed by atoms with van der Waals surface area (Å²) in [6.45, 7) is 7.20. The molecule has 0 radical (unpaired) electrons. The molecule has 0 aliphatic carbocycles. The van der Waals surface area contributed by atoms with E-state index in [4.69, 9.17) is 4.74 Å². The van der Waals surface area contributed by atoms with Crippen molar-refractivity contribution in [2.24, 2.45) is 0 Å². The predicted molar refractivity (Wildman–Crippen MR) is 78.9 cm³/mol. The number of hydrogen-bond donors (Lipinski definition) is 1. The average molecular weight is 320 g/mol. The summed E-state index contributed by atoms with van der Waals surface area (Å²) in [6.07, 6.45) is 2.02. The van der Waals surface area contributed by atoms with Crippen LogP contribution in [0.3, 0.4) is 0 Å². The third-order valence-corrected chi connectivity index (χ3v) is 4.94. The molecule has 1 rings (SSSR count). The molecule has 0 aliphatic heterocycles. The number of hydrogen-bond acceptors (Lipinski definition) is 3. The van der Waals surface area contributed by atoms with Gasteiger partial charge in [-0.15, -0.1) is 11.3 Å². The van der Waals surface area contributed by atoms with Gasteiger partial charge in [0.25, 0.3) is 0 Å². The van der Waals surface area contributed by atoms with Crippen LogP contribution in [0.5, 0.6) is 0 Å². The number of rotatable bonds is 7. The highest BCUT2D eigenvalue weighted by atomic mass is 79.9. The highest BCUT2D eigenvalue weighted by molar-refractivity contribution is 9.11. The number of halogens is 1. The van der Waals surface area contributed by atoms with Crippen molar-refractivity contribution in [3.05, 3.63) is 20.8 Å². The molecule has 1 heterocycles. The maximum atomic E-state index is 5.94. The minimum atomic E-state index is -0.0973. The van der Waals surface area contributed by atoms with E-state index in [2.05, 4.69) is 54.2 Å². The van der Waals surface area contributed by atoms with E-state index in [9.17, 15) is 0 Å². The highest BCUT2D eigenvalue weighted by Gasteiger charge is 2.32. The molecule has 2 atom stereocenters. The zero-order chi connectivity index (χ0) is 12.9. The van der Waals surface area contributed by atoms with Crippen LogP contribution in [-0.2, 0) is 11.2 Å². The summed E-state index contributed by atoms with van der Waals surface area (Å²) >= 11 is 5.31. The van der Waals surface area contributed by atoms with Crippen LogP contribution in [0.2, 0.25) is 0 Å². The molecule has 1 aromatic heterocycles. The highest BCUT2D eigenvalue weighted by Crippen LogP contribution is 2.28. The molecule has 98 valence electrons. The van der Waals surface area contributed by atoms with Gasteiger partial charge in [0, 0.05) is 17.5 Å². The molecule has 17 heavy (non-hydrogen) atoms. The summed E-state index contributed by atoms with van der Waals surface area (Å²) in [5.74, 6) is 0. The van der Waals surface area contributed by atoms with Crippen LogP contribution >= 0.6 is 27.3 Å². The standard InChI is InChI=1S/C13H22BrNOS/c1-5-13(3,16-6-2)11(15-4)9-10-7-8-12(14)17-10/h7-8,11,15H,5-6,9H2,1-4H3. The quantitative estimate of drug-likeness (QED) is 0.824. The minimum absolute atomic E-state index is 0.0973. The van der Waals surface area contributed by atoms with Crippen LogP contribution in [0.4, 0.5) is 0 Å². The van der Waals surface area contributed by atoms with E-state index in [1.807, 2.05) is 7.05 Å². The lowest BCUT2D eigenvalue weighted by Gasteiger charge is -2.36. The summed E-state index contributed by atoms with van der Waals surface area (Å²) in [5.41, 5.74) is -0.0973. The molecular formula is C13H22BrNOS. The van der Waals surface area contributed by atoms with E-state index < -0.39 is 0 Å². The van der Waals surface area contributed by atoms with Crippen LogP contribution in [-0.4, -0.2) is 25.3 Å². The van der Waals surface area contributed by atoms with Crippen molar-refractivity contribution >= 4 is 27.3 Å². The molecule has 0 amide bonds. The number of thiophene rings is 1. The topological polar surface area (TPSA) is 21.3 Å². The molecule has 0 bridgehead atoms. The van der Waals surface area contributed by atoms with Gasteiger partial charge in [0.2, 0.25) is 0 Å². The molecule has 1 N–H and O–H groups in total. The first-order valence-corrected chi connectivity index (χ1v) is 7.72. The molecule has 2 nitrogen and oxygen atoms in total. The molecule has 1 aromatic rings. The normalized spacial score (nSPS) is 16.8. The SMILES string of the molecule is CCOC(C)(CC)C(Cc1ccc(Br)s1)NC. The van der Waals surface area contributed by atoms with Crippen molar-refractivity contribution in [2.45, 2.75) is 45.3 Å². The minimum Gasteiger partial charge on any atom is -0.374 e. The Morgan fingerprint density at radius 2 is 2.18 bits per heavy atom. The average Bonchev–Trinajstić information content (AvgIpc) is 2.72.